The molecule has 0 aliphatic rings. The predicted molar refractivity (Wildman–Crippen MR) is 57.3 cm³/mol. The smallest absolute Gasteiger partial charge is 0.155 e. The van der Waals surface area contributed by atoms with Gasteiger partial charge in [-0.1, -0.05) is 18.2 Å². The second-order valence-electron chi connectivity index (χ2n) is 3.13. The van der Waals surface area contributed by atoms with Crippen LogP contribution in [0.3, 0.4) is 0 Å². The number of rotatable bonds is 3. The van der Waals surface area contributed by atoms with Crippen molar-refractivity contribution in [3.8, 4) is 5.75 Å². The Hall–Kier alpha value is -1.57. The maximum Gasteiger partial charge on any atom is 0.155 e. The average Bonchev–Trinajstić information content (AvgIpc) is 2.18. The van der Waals surface area contributed by atoms with E-state index < -0.39 is 0 Å². The van der Waals surface area contributed by atoms with Crippen LogP contribution in [0.15, 0.2) is 29.8 Å². The van der Waals surface area contributed by atoms with Gasteiger partial charge in [-0.3, -0.25) is 4.79 Å². The molecule has 0 aromatic heterocycles. The van der Waals surface area contributed by atoms with E-state index >= 15 is 0 Å². The third-order valence-electron chi connectivity index (χ3n) is 2.07. The van der Waals surface area contributed by atoms with Crippen molar-refractivity contribution in [1.82, 2.24) is 0 Å². The molecule has 1 aromatic carbocycles. The van der Waals surface area contributed by atoms with Crippen LogP contribution >= 0.6 is 0 Å². The number of benzene rings is 1. The van der Waals surface area contributed by atoms with E-state index in [1.807, 2.05) is 30.3 Å². The number of ether oxygens (including phenoxy) is 1. The molecule has 0 fully saturated rings. The average molecular weight is 190 g/mol. The van der Waals surface area contributed by atoms with E-state index in [0.29, 0.717) is 0 Å². The number of hydrogen-bond acceptors (Lipinski definition) is 2. The van der Waals surface area contributed by atoms with Crippen molar-refractivity contribution in [3.05, 3.63) is 35.4 Å². The van der Waals surface area contributed by atoms with Gasteiger partial charge < -0.3 is 4.74 Å². The van der Waals surface area contributed by atoms with Crippen molar-refractivity contribution in [2.75, 3.05) is 7.11 Å². The van der Waals surface area contributed by atoms with Gasteiger partial charge in [0.1, 0.15) is 5.75 Å². The fourth-order valence-electron chi connectivity index (χ4n) is 1.12. The second kappa shape index (κ2) is 4.61. The zero-order valence-electron chi connectivity index (χ0n) is 8.70. The van der Waals surface area contributed by atoms with Crippen LogP contribution in [0.1, 0.15) is 19.4 Å². The highest BCUT2D eigenvalue weighted by Gasteiger charge is 2.01. The molecule has 0 heterocycles. The van der Waals surface area contributed by atoms with Gasteiger partial charge in [-0.15, -0.1) is 0 Å². The maximum atomic E-state index is 11.0. The molecule has 0 saturated heterocycles. The van der Waals surface area contributed by atoms with Gasteiger partial charge in [0.05, 0.1) is 7.11 Å². The van der Waals surface area contributed by atoms with E-state index in [2.05, 4.69) is 0 Å². The normalized spacial score (nSPS) is 11.2. The summed E-state index contributed by atoms with van der Waals surface area (Å²) in [6.07, 6.45) is 1.83. The maximum absolute atomic E-state index is 11.0. The lowest BCUT2D eigenvalue weighted by atomic mass is 10.1. The van der Waals surface area contributed by atoms with E-state index in [4.69, 9.17) is 4.74 Å². The molecule has 0 unspecified atom stereocenters. The first-order valence-corrected chi connectivity index (χ1v) is 4.47. The van der Waals surface area contributed by atoms with E-state index in [1.54, 1.807) is 21.0 Å². The van der Waals surface area contributed by atoms with Gasteiger partial charge in [0.25, 0.3) is 0 Å². The molecule has 0 saturated carbocycles. The standard InChI is InChI=1S/C12H14O2/c1-9(10(2)13)8-11-6-4-5-7-12(11)14-3/h4-8H,1-3H3/b9-8+. The summed E-state index contributed by atoms with van der Waals surface area (Å²) < 4.78 is 5.17. The highest BCUT2D eigenvalue weighted by atomic mass is 16.5. The number of allylic oxidation sites excluding steroid dienone is 1. The molecule has 0 spiro atoms. The van der Waals surface area contributed by atoms with Crippen molar-refractivity contribution >= 4 is 11.9 Å². The topological polar surface area (TPSA) is 26.3 Å². The van der Waals surface area contributed by atoms with Crippen molar-refractivity contribution < 1.29 is 9.53 Å². The lowest BCUT2D eigenvalue weighted by Crippen LogP contribution is -1.92. The van der Waals surface area contributed by atoms with Gasteiger partial charge in [-0.05, 0) is 31.6 Å². The minimum absolute atomic E-state index is 0.0795. The summed E-state index contributed by atoms with van der Waals surface area (Å²) in [6.45, 7) is 3.36. The minimum atomic E-state index is 0.0795. The van der Waals surface area contributed by atoms with Gasteiger partial charge >= 0.3 is 0 Å². The zero-order valence-corrected chi connectivity index (χ0v) is 8.70. The minimum Gasteiger partial charge on any atom is -0.496 e. The molecule has 0 radical (unpaired) electrons. The summed E-state index contributed by atoms with van der Waals surface area (Å²) in [7, 11) is 1.62. The van der Waals surface area contributed by atoms with Crippen LogP contribution in [0.5, 0.6) is 5.75 Å². The molecule has 0 N–H and O–H groups in total. The Morgan fingerprint density at radius 1 is 1.29 bits per heavy atom. The molecule has 2 heteroatoms. The second-order valence-corrected chi connectivity index (χ2v) is 3.13. The molecule has 0 aliphatic carbocycles. The van der Waals surface area contributed by atoms with Crippen LogP contribution in [0.25, 0.3) is 6.08 Å². The highest BCUT2D eigenvalue weighted by Crippen LogP contribution is 2.20. The van der Waals surface area contributed by atoms with Gasteiger partial charge in [0.15, 0.2) is 5.78 Å². The molecule has 0 aliphatic heterocycles. The van der Waals surface area contributed by atoms with Crippen molar-refractivity contribution in [2.24, 2.45) is 0 Å². The van der Waals surface area contributed by atoms with Crippen molar-refractivity contribution in [2.45, 2.75) is 13.8 Å². The molecule has 1 rings (SSSR count). The SMILES string of the molecule is COc1ccccc1/C=C(\C)C(C)=O. The van der Waals surface area contributed by atoms with Crippen LogP contribution in [-0.2, 0) is 4.79 Å². The number of carbonyl (C=O) groups excluding carboxylic acids is 1. The molecule has 0 bridgehead atoms. The van der Waals surface area contributed by atoms with E-state index in [1.165, 1.54) is 0 Å². The van der Waals surface area contributed by atoms with Crippen LogP contribution in [0.4, 0.5) is 0 Å². The largest absolute Gasteiger partial charge is 0.496 e. The monoisotopic (exact) mass is 190 g/mol. The Morgan fingerprint density at radius 3 is 2.50 bits per heavy atom. The summed E-state index contributed by atoms with van der Waals surface area (Å²) in [4.78, 5) is 11.0. The lowest BCUT2D eigenvalue weighted by Gasteiger charge is -2.04. The van der Waals surface area contributed by atoms with Crippen LogP contribution in [-0.4, -0.2) is 12.9 Å². The lowest BCUT2D eigenvalue weighted by molar-refractivity contribution is -0.113. The Morgan fingerprint density at radius 2 is 1.93 bits per heavy atom. The Balaban J connectivity index is 3.07. The number of para-hydroxylation sites is 1. The van der Waals surface area contributed by atoms with Gasteiger partial charge in [-0.25, -0.2) is 0 Å². The molecule has 74 valence electrons. The van der Waals surface area contributed by atoms with E-state index in [-0.39, 0.29) is 5.78 Å². The third-order valence-corrected chi connectivity index (χ3v) is 2.07. The number of Topliss-reactive ketones (excluding diaryl/α,β-unsaturated/α-hetero) is 1. The summed E-state index contributed by atoms with van der Waals surface area (Å²) >= 11 is 0. The Kier molecular flexibility index (Phi) is 3.46. The highest BCUT2D eigenvalue weighted by molar-refractivity contribution is 5.97. The number of ketones is 1. The Bertz CT molecular complexity index is 364. The summed E-state index contributed by atoms with van der Waals surface area (Å²) in [5, 5.41) is 0. The molecule has 0 atom stereocenters. The van der Waals surface area contributed by atoms with Gasteiger partial charge in [0, 0.05) is 5.56 Å². The molecule has 14 heavy (non-hydrogen) atoms. The quantitative estimate of drug-likeness (QED) is 0.685. The van der Waals surface area contributed by atoms with Crippen molar-refractivity contribution in [1.29, 1.82) is 0 Å². The zero-order chi connectivity index (χ0) is 10.6. The molecular formula is C12H14O2. The number of carbonyl (C=O) groups is 1. The molecule has 2 nitrogen and oxygen atoms in total. The van der Waals surface area contributed by atoms with Crippen molar-refractivity contribution in [3.63, 3.8) is 0 Å². The van der Waals surface area contributed by atoms with Crippen LogP contribution in [0.2, 0.25) is 0 Å². The summed E-state index contributed by atoms with van der Waals surface area (Å²) in [6, 6.07) is 7.62. The summed E-state index contributed by atoms with van der Waals surface area (Å²) in [5.74, 6) is 0.865. The van der Waals surface area contributed by atoms with Gasteiger partial charge in [0.2, 0.25) is 0 Å². The van der Waals surface area contributed by atoms with Gasteiger partial charge in [-0.2, -0.15) is 0 Å². The fourth-order valence-corrected chi connectivity index (χ4v) is 1.12. The first kappa shape index (κ1) is 10.5. The van der Waals surface area contributed by atoms with Crippen LogP contribution < -0.4 is 4.74 Å². The third kappa shape index (κ3) is 2.46. The number of methoxy groups -OCH3 is 1. The van der Waals surface area contributed by atoms with E-state index in [0.717, 1.165) is 16.9 Å². The molecule has 0 amide bonds. The predicted octanol–water partition coefficient (Wildman–Crippen LogP) is 2.69. The van der Waals surface area contributed by atoms with Crippen LogP contribution in [0, 0.1) is 0 Å². The Labute approximate surface area is 84.2 Å². The fraction of sp³-hybridized carbons (Fsp3) is 0.250. The molecule has 1 aromatic rings. The molecular weight excluding hydrogens is 176 g/mol. The number of hydrogen-bond donors (Lipinski definition) is 0. The summed E-state index contributed by atoms with van der Waals surface area (Å²) in [5.41, 5.74) is 1.66. The first-order valence-electron chi connectivity index (χ1n) is 4.47. The van der Waals surface area contributed by atoms with E-state index in [9.17, 15) is 4.79 Å². The first-order chi connectivity index (χ1) is 6.65.